The van der Waals surface area contributed by atoms with Gasteiger partial charge in [0.1, 0.15) is 11.6 Å². The van der Waals surface area contributed by atoms with Gasteiger partial charge in [0.2, 0.25) is 0 Å². The number of rotatable bonds is 4. The van der Waals surface area contributed by atoms with Crippen LogP contribution in [0.5, 0.6) is 0 Å². The molecule has 19 heavy (non-hydrogen) atoms. The second-order valence-electron chi connectivity index (χ2n) is 4.21. The van der Waals surface area contributed by atoms with Gasteiger partial charge < -0.3 is 5.11 Å². The first kappa shape index (κ1) is 13.2. The van der Waals surface area contributed by atoms with E-state index in [1.54, 1.807) is 24.3 Å². The number of aliphatic carboxylic acids is 1. The number of carbonyl (C=O) groups is 1. The second-order valence-corrected chi connectivity index (χ2v) is 4.21. The molecule has 2 aromatic carbocycles. The zero-order valence-electron chi connectivity index (χ0n) is 10.1. The number of aryl methyl sites for hydroxylation is 1. The van der Waals surface area contributed by atoms with Gasteiger partial charge >= 0.3 is 5.97 Å². The van der Waals surface area contributed by atoms with Crippen LogP contribution in [0.2, 0.25) is 0 Å². The summed E-state index contributed by atoms with van der Waals surface area (Å²) in [6, 6.07) is 10.3. The third kappa shape index (κ3) is 3.37. The Labute approximate surface area is 109 Å². The maximum Gasteiger partial charge on any atom is 0.303 e. The summed E-state index contributed by atoms with van der Waals surface area (Å²) in [5, 5.41) is 8.58. The molecule has 0 aliphatic rings. The highest BCUT2D eigenvalue weighted by Crippen LogP contribution is 2.24. The molecule has 0 radical (unpaired) electrons. The zero-order chi connectivity index (χ0) is 13.8. The van der Waals surface area contributed by atoms with Crippen LogP contribution in [0.25, 0.3) is 11.1 Å². The molecule has 0 unspecified atom stereocenters. The third-order valence-electron chi connectivity index (χ3n) is 2.82. The SMILES string of the molecule is O=C(O)CCc1ccc(-c2ccc(F)cc2F)cc1. The molecule has 0 aliphatic heterocycles. The van der Waals surface area contributed by atoms with Gasteiger partial charge in [0.05, 0.1) is 0 Å². The maximum absolute atomic E-state index is 13.6. The fourth-order valence-corrected chi connectivity index (χ4v) is 1.83. The molecular weight excluding hydrogens is 250 g/mol. The van der Waals surface area contributed by atoms with Crippen LogP contribution in [0, 0.1) is 11.6 Å². The van der Waals surface area contributed by atoms with Gasteiger partial charge in [0.25, 0.3) is 0 Å². The van der Waals surface area contributed by atoms with E-state index >= 15 is 0 Å². The lowest BCUT2D eigenvalue weighted by Gasteiger charge is -2.05. The Morgan fingerprint density at radius 1 is 1.05 bits per heavy atom. The van der Waals surface area contributed by atoms with Crippen LogP contribution in [-0.2, 0) is 11.2 Å². The molecular formula is C15H12F2O2. The van der Waals surface area contributed by atoms with E-state index in [1.165, 1.54) is 12.1 Å². The highest BCUT2D eigenvalue weighted by atomic mass is 19.1. The van der Waals surface area contributed by atoms with Crippen LogP contribution in [0.15, 0.2) is 42.5 Å². The van der Waals surface area contributed by atoms with E-state index in [0.29, 0.717) is 17.5 Å². The Hall–Kier alpha value is -2.23. The van der Waals surface area contributed by atoms with Crippen LogP contribution in [0.1, 0.15) is 12.0 Å². The van der Waals surface area contributed by atoms with Crippen molar-refractivity contribution in [2.24, 2.45) is 0 Å². The summed E-state index contributed by atoms with van der Waals surface area (Å²) in [5.74, 6) is -2.08. The molecule has 0 aromatic heterocycles. The van der Waals surface area contributed by atoms with Crippen molar-refractivity contribution in [1.29, 1.82) is 0 Å². The number of halogens is 2. The largest absolute Gasteiger partial charge is 0.481 e. The molecule has 0 bridgehead atoms. The molecule has 0 aliphatic carbocycles. The first-order valence-corrected chi connectivity index (χ1v) is 5.82. The van der Waals surface area contributed by atoms with Crippen LogP contribution in [-0.4, -0.2) is 11.1 Å². The highest BCUT2D eigenvalue weighted by molar-refractivity contribution is 5.67. The summed E-state index contributed by atoms with van der Waals surface area (Å²) in [5.41, 5.74) is 1.83. The second kappa shape index (κ2) is 5.61. The van der Waals surface area contributed by atoms with Gasteiger partial charge in [-0.15, -0.1) is 0 Å². The summed E-state index contributed by atoms with van der Waals surface area (Å²) in [7, 11) is 0. The van der Waals surface area contributed by atoms with Crippen molar-refractivity contribution in [1.82, 2.24) is 0 Å². The van der Waals surface area contributed by atoms with Gasteiger partial charge in [-0.2, -0.15) is 0 Å². The number of hydrogen-bond acceptors (Lipinski definition) is 1. The Morgan fingerprint density at radius 2 is 1.74 bits per heavy atom. The minimum Gasteiger partial charge on any atom is -0.481 e. The van der Waals surface area contributed by atoms with Crippen molar-refractivity contribution in [2.45, 2.75) is 12.8 Å². The average molecular weight is 262 g/mol. The lowest BCUT2D eigenvalue weighted by Crippen LogP contribution is -1.97. The average Bonchev–Trinajstić information content (AvgIpc) is 2.37. The fourth-order valence-electron chi connectivity index (χ4n) is 1.83. The minimum atomic E-state index is -0.853. The van der Waals surface area contributed by atoms with E-state index in [2.05, 4.69) is 0 Å². The molecule has 2 rings (SSSR count). The highest BCUT2D eigenvalue weighted by Gasteiger charge is 2.06. The number of benzene rings is 2. The van der Waals surface area contributed by atoms with Crippen LogP contribution in [0.3, 0.4) is 0 Å². The molecule has 98 valence electrons. The van der Waals surface area contributed by atoms with Crippen molar-refractivity contribution < 1.29 is 18.7 Å². The van der Waals surface area contributed by atoms with Gasteiger partial charge in [0, 0.05) is 18.1 Å². The Balaban J connectivity index is 2.20. The first-order chi connectivity index (χ1) is 9.06. The van der Waals surface area contributed by atoms with Gasteiger partial charge in [-0.1, -0.05) is 24.3 Å². The first-order valence-electron chi connectivity index (χ1n) is 5.82. The van der Waals surface area contributed by atoms with E-state index in [4.69, 9.17) is 5.11 Å². The Morgan fingerprint density at radius 3 is 2.32 bits per heavy atom. The Kier molecular flexibility index (Phi) is 3.90. The summed E-state index contributed by atoms with van der Waals surface area (Å²) >= 11 is 0. The van der Waals surface area contributed by atoms with E-state index in [1.807, 2.05) is 0 Å². The minimum absolute atomic E-state index is 0.0598. The van der Waals surface area contributed by atoms with Crippen molar-refractivity contribution in [2.75, 3.05) is 0 Å². The molecule has 0 atom stereocenters. The maximum atomic E-state index is 13.6. The number of carboxylic acid groups (broad SMARTS) is 1. The summed E-state index contributed by atoms with van der Waals surface area (Å²) in [4.78, 5) is 10.5. The lowest BCUT2D eigenvalue weighted by atomic mass is 10.0. The molecule has 1 N–H and O–H groups in total. The smallest absolute Gasteiger partial charge is 0.303 e. The number of hydrogen-bond donors (Lipinski definition) is 1. The van der Waals surface area contributed by atoms with Gasteiger partial charge in [-0.3, -0.25) is 4.79 Å². The summed E-state index contributed by atoms with van der Waals surface area (Å²) < 4.78 is 26.4. The molecule has 0 heterocycles. The molecule has 2 aromatic rings. The predicted octanol–water partition coefficient (Wildman–Crippen LogP) is 3.65. The summed E-state index contributed by atoms with van der Waals surface area (Å²) in [6.45, 7) is 0. The fraction of sp³-hybridized carbons (Fsp3) is 0.133. The molecule has 0 saturated heterocycles. The molecule has 0 fully saturated rings. The zero-order valence-corrected chi connectivity index (χ0v) is 10.1. The van der Waals surface area contributed by atoms with Crippen LogP contribution in [0.4, 0.5) is 8.78 Å². The van der Waals surface area contributed by atoms with Gasteiger partial charge in [-0.05, 0) is 29.7 Å². The van der Waals surface area contributed by atoms with E-state index in [-0.39, 0.29) is 6.42 Å². The van der Waals surface area contributed by atoms with Gasteiger partial charge in [-0.25, -0.2) is 8.78 Å². The quantitative estimate of drug-likeness (QED) is 0.913. The lowest BCUT2D eigenvalue weighted by molar-refractivity contribution is -0.136. The number of carboxylic acids is 1. The summed E-state index contributed by atoms with van der Waals surface area (Å²) in [6.07, 6.45) is 0.492. The van der Waals surface area contributed by atoms with E-state index in [9.17, 15) is 13.6 Å². The van der Waals surface area contributed by atoms with Crippen molar-refractivity contribution >= 4 is 5.97 Å². The standard InChI is InChI=1S/C15H12F2O2/c16-12-6-7-13(14(17)9-12)11-4-1-10(2-5-11)3-8-15(18)19/h1-2,4-7,9H,3,8H2,(H,18,19). The van der Waals surface area contributed by atoms with Crippen molar-refractivity contribution in [3.8, 4) is 11.1 Å². The van der Waals surface area contributed by atoms with Gasteiger partial charge in [0.15, 0.2) is 0 Å². The third-order valence-corrected chi connectivity index (χ3v) is 2.82. The van der Waals surface area contributed by atoms with Crippen molar-refractivity contribution in [3.05, 3.63) is 59.7 Å². The molecule has 4 heteroatoms. The van der Waals surface area contributed by atoms with E-state index < -0.39 is 17.6 Å². The molecule has 0 spiro atoms. The predicted molar refractivity (Wildman–Crippen MR) is 67.8 cm³/mol. The monoisotopic (exact) mass is 262 g/mol. The Bertz CT molecular complexity index is 592. The van der Waals surface area contributed by atoms with E-state index in [0.717, 1.165) is 11.6 Å². The van der Waals surface area contributed by atoms with Crippen molar-refractivity contribution in [3.63, 3.8) is 0 Å². The molecule has 0 amide bonds. The topological polar surface area (TPSA) is 37.3 Å². The van der Waals surface area contributed by atoms with Crippen LogP contribution < -0.4 is 0 Å². The van der Waals surface area contributed by atoms with Crippen LogP contribution >= 0.6 is 0 Å². The normalized spacial score (nSPS) is 10.4. The molecule has 0 saturated carbocycles. The molecule has 2 nitrogen and oxygen atoms in total.